The molecule has 0 atom stereocenters. The summed E-state index contributed by atoms with van der Waals surface area (Å²) in [4.78, 5) is 8.12. The van der Waals surface area contributed by atoms with Crippen molar-refractivity contribution in [2.24, 2.45) is 0 Å². The summed E-state index contributed by atoms with van der Waals surface area (Å²) in [5.41, 5.74) is 3.44. The van der Waals surface area contributed by atoms with Gasteiger partial charge in [0.1, 0.15) is 5.82 Å². The van der Waals surface area contributed by atoms with Gasteiger partial charge in [0.15, 0.2) is 0 Å². The summed E-state index contributed by atoms with van der Waals surface area (Å²) in [5, 5.41) is 0. The Bertz CT molecular complexity index is 580. The van der Waals surface area contributed by atoms with Gasteiger partial charge in [0.2, 0.25) is 0 Å². The third-order valence-corrected chi connectivity index (χ3v) is 3.13. The molecule has 1 heterocycles. The normalized spacial score (nSPS) is 24.3. The van der Waals surface area contributed by atoms with E-state index >= 15 is 0 Å². The maximum absolute atomic E-state index is 4.68. The Balaban J connectivity index is 1.95. The van der Waals surface area contributed by atoms with Crippen molar-refractivity contribution in [1.29, 1.82) is 0 Å². The van der Waals surface area contributed by atoms with Crippen LogP contribution in [0, 0.1) is 0 Å². The Morgan fingerprint density at radius 1 is 0.944 bits per heavy atom. The lowest BCUT2D eigenvalue weighted by Crippen LogP contribution is -1.87. The first-order valence-electron chi connectivity index (χ1n) is 6.39. The topological polar surface area (TPSA) is 28.7 Å². The lowest BCUT2D eigenvalue weighted by molar-refractivity contribution is 1.05. The zero-order valence-electron chi connectivity index (χ0n) is 10.3. The Labute approximate surface area is 107 Å². The van der Waals surface area contributed by atoms with Crippen molar-refractivity contribution < 1.29 is 0 Å². The molecule has 0 aliphatic heterocycles. The van der Waals surface area contributed by atoms with E-state index in [1.807, 2.05) is 6.08 Å². The predicted octanol–water partition coefficient (Wildman–Crippen LogP) is 3.82. The van der Waals surface area contributed by atoms with E-state index in [0.717, 1.165) is 30.8 Å². The van der Waals surface area contributed by atoms with Gasteiger partial charge in [-0.2, -0.15) is 0 Å². The van der Waals surface area contributed by atoms with Crippen LogP contribution >= 0.6 is 0 Å². The Morgan fingerprint density at radius 2 is 1.83 bits per heavy atom. The minimum absolute atomic E-state index is 0.923. The molecule has 0 saturated heterocycles. The Hall–Kier alpha value is -2.09. The molecule has 1 aromatic rings. The van der Waals surface area contributed by atoms with E-state index in [0.29, 0.717) is 0 Å². The second-order valence-corrected chi connectivity index (χ2v) is 4.46. The van der Waals surface area contributed by atoms with Crippen LogP contribution in [0.15, 0.2) is 48.6 Å². The first kappa shape index (κ1) is 11.0. The van der Waals surface area contributed by atoms with Crippen LogP contribution in [-0.2, 0) is 6.42 Å². The van der Waals surface area contributed by atoms with Crippen LogP contribution in [0.3, 0.4) is 0 Å². The van der Waals surface area contributed by atoms with Crippen molar-refractivity contribution in [2.75, 3.05) is 0 Å². The number of hydrogen-bond acceptors (Lipinski definition) is 1. The highest BCUT2D eigenvalue weighted by Gasteiger charge is 2.10. The van der Waals surface area contributed by atoms with E-state index in [2.05, 4.69) is 58.6 Å². The summed E-state index contributed by atoms with van der Waals surface area (Å²) in [6, 6.07) is 0. The van der Waals surface area contributed by atoms with E-state index < -0.39 is 0 Å². The van der Waals surface area contributed by atoms with Crippen molar-refractivity contribution in [3.05, 3.63) is 65.8 Å². The number of fused-ring (bicyclic) bond motifs is 1. The number of hydrogen-bond donors (Lipinski definition) is 1. The third-order valence-electron chi connectivity index (χ3n) is 3.13. The summed E-state index contributed by atoms with van der Waals surface area (Å²) < 4.78 is 0. The molecule has 0 aromatic carbocycles. The summed E-state index contributed by atoms with van der Waals surface area (Å²) in [6.07, 6.45) is 22.1. The monoisotopic (exact) mass is 236 g/mol. The summed E-state index contributed by atoms with van der Waals surface area (Å²) in [6.45, 7) is 0. The zero-order chi connectivity index (χ0) is 12.2. The quantitative estimate of drug-likeness (QED) is 0.788. The molecule has 1 aromatic heterocycles. The van der Waals surface area contributed by atoms with Gasteiger partial charge in [-0.1, -0.05) is 48.6 Å². The molecule has 90 valence electrons. The number of allylic oxidation sites excluding steroid dienone is 9. The van der Waals surface area contributed by atoms with E-state index in [4.69, 9.17) is 0 Å². The lowest BCUT2D eigenvalue weighted by atomic mass is 10.1. The molecule has 0 saturated carbocycles. The number of nitrogens with one attached hydrogen (secondary N) is 1. The number of aromatic nitrogens is 2. The third kappa shape index (κ3) is 2.28. The minimum atomic E-state index is 0.923. The van der Waals surface area contributed by atoms with Crippen LogP contribution in [0.25, 0.3) is 11.6 Å². The molecule has 1 N–H and O–H groups in total. The molecule has 0 unspecified atom stereocenters. The van der Waals surface area contributed by atoms with E-state index in [1.165, 1.54) is 11.3 Å². The summed E-state index contributed by atoms with van der Waals surface area (Å²) >= 11 is 0. The Kier molecular flexibility index (Phi) is 3.09. The summed E-state index contributed by atoms with van der Waals surface area (Å²) in [5.74, 6) is 0.978. The molecule has 2 nitrogen and oxygen atoms in total. The smallest absolute Gasteiger partial charge is 0.137 e. The van der Waals surface area contributed by atoms with Gasteiger partial charge in [-0.15, -0.1) is 0 Å². The van der Waals surface area contributed by atoms with Crippen LogP contribution in [-0.4, -0.2) is 9.97 Å². The van der Waals surface area contributed by atoms with Crippen LogP contribution < -0.4 is 0 Å². The first-order chi connectivity index (χ1) is 8.93. The molecule has 0 spiro atoms. The SMILES string of the molecule is C1=CCc2[nH]c(C3=C/CC\C=C/C=C\3)nc2C=C1. The van der Waals surface area contributed by atoms with Crippen molar-refractivity contribution in [3.63, 3.8) is 0 Å². The van der Waals surface area contributed by atoms with Crippen molar-refractivity contribution in [3.8, 4) is 0 Å². The molecule has 2 heteroatoms. The minimum Gasteiger partial charge on any atom is -0.341 e. The molecule has 3 rings (SSSR count). The maximum Gasteiger partial charge on any atom is 0.137 e. The van der Waals surface area contributed by atoms with Crippen LogP contribution in [0.5, 0.6) is 0 Å². The highest BCUT2D eigenvalue weighted by atomic mass is 14.9. The predicted molar refractivity (Wildman–Crippen MR) is 76.0 cm³/mol. The largest absolute Gasteiger partial charge is 0.341 e. The fourth-order valence-corrected chi connectivity index (χ4v) is 2.18. The van der Waals surface area contributed by atoms with Crippen LogP contribution in [0.2, 0.25) is 0 Å². The highest BCUT2D eigenvalue weighted by Crippen LogP contribution is 2.20. The van der Waals surface area contributed by atoms with Gasteiger partial charge in [-0.05, 0) is 18.9 Å². The van der Waals surface area contributed by atoms with Gasteiger partial charge in [0.25, 0.3) is 0 Å². The molecule has 0 fully saturated rings. The van der Waals surface area contributed by atoms with Gasteiger partial charge >= 0.3 is 0 Å². The second kappa shape index (κ2) is 5.05. The Morgan fingerprint density at radius 3 is 2.83 bits per heavy atom. The van der Waals surface area contributed by atoms with Gasteiger partial charge < -0.3 is 4.98 Å². The van der Waals surface area contributed by atoms with E-state index in [-0.39, 0.29) is 0 Å². The van der Waals surface area contributed by atoms with Crippen LogP contribution in [0.4, 0.5) is 0 Å². The molecule has 2 aliphatic rings. The van der Waals surface area contributed by atoms with Crippen molar-refractivity contribution >= 4 is 11.6 Å². The van der Waals surface area contributed by atoms with Gasteiger partial charge in [-0.3, -0.25) is 0 Å². The molecule has 2 aliphatic carbocycles. The molecular formula is C16H16N2. The van der Waals surface area contributed by atoms with Gasteiger partial charge in [-0.25, -0.2) is 4.98 Å². The fourth-order valence-electron chi connectivity index (χ4n) is 2.18. The molecule has 0 bridgehead atoms. The zero-order valence-corrected chi connectivity index (χ0v) is 10.3. The molecule has 0 amide bonds. The average Bonchev–Trinajstić information content (AvgIpc) is 2.60. The van der Waals surface area contributed by atoms with Gasteiger partial charge in [0.05, 0.1) is 5.69 Å². The van der Waals surface area contributed by atoms with Crippen molar-refractivity contribution in [1.82, 2.24) is 9.97 Å². The average molecular weight is 236 g/mol. The number of H-pyrrole nitrogens is 1. The fraction of sp³-hybridized carbons (Fsp3) is 0.188. The van der Waals surface area contributed by atoms with Crippen LogP contribution in [0.1, 0.15) is 30.1 Å². The first-order valence-corrected chi connectivity index (χ1v) is 6.39. The lowest BCUT2D eigenvalue weighted by Gasteiger charge is -2.00. The van der Waals surface area contributed by atoms with Gasteiger partial charge in [0, 0.05) is 17.7 Å². The highest BCUT2D eigenvalue weighted by molar-refractivity contribution is 5.71. The summed E-state index contributed by atoms with van der Waals surface area (Å²) in [7, 11) is 0. The molecule has 18 heavy (non-hydrogen) atoms. The number of imidazole rings is 1. The molecule has 0 radical (unpaired) electrons. The van der Waals surface area contributed by atoms with Crippen molar-refractivity contribution in [2.45, 2.75) is 19.3 Å². The van der Waals surface area contributed by atoms with E-state index in [9.17, 15) is 0 Å². The van der Waals surface area contributed by atoms with E-state index in [1.54, 1.807) is 0 Å². The number of aromatic amines is 1. The molecular weight excluding hydrogens is 220 g/mol. The standard InChI is InChI=1S/C16H16N2/c1-2-5-9-13(10-6-3-1)16-17-14-11-7-4-8-12-15(14)18-16/h1-2,4-5,7-11H,3,6,12H2,(H,17,18)/b2-1-,9-5-,13-10+. The maximum atomic E-state index is 4.68. The number of nitrogens with zero attached hydrogens (tertiary/aromatic N) is 1. The number of rotatable bonds is 1. The second-order valence-electron chi connectivity index (χ2n) is 4.46.